The summed E-state index contributed by atoms with van der Waals surface area (Å²) in [4.78, 5) is 11.7. The highest BCUT2D eigenvalue weighted by atomic mass is 16.6. The van der Waals surface area contributed by atoms with E-state index in [2.05, 4.69) is 17.6 Å². The van der Waals surface area contributed by atoms with Gasteiger partial charge in [-0.05, 0) is 64.0 Å². The topological polar surface area (TPSA) is 50.4 Å². The number of amides is 1. The minimum atomic E-state index is -0.416. The number of ether oxygens (including phenoxy) is 1. The third-order valence-electron chi connectivity index (χ3n) is 4.05. The van der Waals surface area contributed by atoms with Crippen LogP contribution in [-0.2, 0) is 4.74 Å². The lowest BCUT2D eigenvalue weighted by atomic mass is 9.87. The zero-order valence-corrected chi connectivity index (χ0v) is 14.0. The number of hydrogen-bond donors (Lipinski definition) is 2. The van der Waals surface area contributed by atoms with Crippen molar-refractivity contribution in [3.63, 3.8) is 0 Å². The quantitative estimate of drug-likeness (QED) is 0.819. The van der Waals surface area contributed by atoms with Crippen LogP contribution in [0.25, 0.3) is 0 Å². The van der Waals surface area contributed by atoms with E-state index in [1.54, 1.807) is 0 Å². The summed E-state index contributed by atoms with van der Waals surface area (Å²) >= 11 is 0. The van der Waals surface area contributed by atoms with Gasteiger partial charge in [0.05, 0.1) is 0 Å². The molecule has 4 nitrogen and oxygen atoms in total. The van der Waals surface area contributed by atoms with E-state index < -0.39 is 5.60 Å². The van der Waals surface area contributed by atoms with E-state index in [0.717, 1.165) is 31.5 Å². The van der Waals surface area contributed by atoms with Crippen molar-refractivity contribution in [3.05, 3.63) is 0 Å². The summed E-state index contributed by atoms with van der Waals surface area (Å²) in [5, 5.41) is 6.38. The maximum absolute atomic E-state index is 11.7. The highest BCUT2D eigenvalue weighted by molar-refractivity contribution is 5.67. The summed E-state index contributed by atoms with van der Waals surface area (Å²) in [6.07, 6.45) is 2.12. The smallest absolute Gasteiger partial charge is 0.407 e. The zero-order chi connectivity index (χ0) is 15.4. The lowest BCUT2D eigenvalue weighted by Gasteiger charge is -2.27. The van der Waals surface area contributed by atoms with E-state index in [-0.39, 0.29) is 11.5 Å². The fourth-order valence-electron chi connectivity index (χ4n) is 3.36. The van der Waals surface area contributed by atoms with Crippen LogP contribution in [0.5, 0.6) is 0 Å². The van der Waals surface area contributed by atoms with E-state index in [1.807, 2.05) is 34.6 Å². The van der Waals surface area contributed by atoms with Gasteiger partial charge < -0.3 is 15.4 Å². The minimum Gasteiger partial charge on any atom is -0.444 e. The molecule has 1 amide bonds. The molecule has 2 rings (SSSR count). The third kappa shape index (κ3) is 4.97. The molecule has 4 heteroatoms. The van der Waals surface area contributed by atoms with Gasteiger partial charge >= 0.3 is 6.09 Å². The second-order valence-corrected chi connectivity index (χ2v) is 7.25. The number of alkyl carbamates (subject to hydrolysis) is 1. The predicted molar refractivity (Wildman–Crippen MR) is 82.8 cm³/mol. The van der Waals surface area contributed by atoms with Crippen molar-refractivity contribution in [1.29, 1.82) is 0 Å². The first-order chi connectivity index (χ1) is 9.27. The summed E-state index contributed by atoms with van der Waals surface area (Å²) in [6, 6.07) is 0. The Hall–Kier alpha value is -0.770. The monoisotopic (exact) mass is 284 g/mol. The van der Waals surface area contributed by atoms with Crippen LogP contribution in [0.3, 0.4) is 0 Å². The van der Waals surface area contributed by atoms with Crippen LogP contribution >= 0.6 is 0 Å². The van der Waals surface area contributed by atoms with Crippen molar-refractivity contribution >= 4 is 6.09 Å². The predicted octanol–water partition coefficient (Wildman–Crippen LogP) is 3.17. The van der Waals surface area contributed by atoms with E-state index >= 15 is 0 Å². The molecule has 1 aliphatic heterocycles. The molecule has 3 atom stereocenters. The molecule has 0 bridgehead atoms. The molecule has 1 heterocycles. The standard InChI is InChI=1S/C14H26N2O2.C2H6/c1-13(2,3)18-12(17)16-9-14(4)5-10-7-15-8-11(10)6-14;1-2/h10-11,15H,5-9H2,1-4H3,(H,16,17);1-2H3/t10-,11+,14?;. The van der Waals surface area contributed by atoms with Gasteiger partial charge in [-0.15, -0.1) is 0 Å². The number of carbonyl (C=O) groups is 1. The summed E-state index contributed by atoms with van der Waals surface area (Å²) in [7, 11) is 0. The molecular weight excluding hydrogens is 252 g/mol. The fourth-order valence-corrected chi connectivity index (χ4v) is 3.36. The highest BCUT2D eigenvalue weighted by Crippen LogP contribution is 2.46. The van der Waals surface area contributed by atoms with Gasteiger partial charge in [-0.2, -0.15) is 0 Å². The molecule has 20 heavy (non-hydrogen) atoms. The van der Waals surface area contributed by atoms with E-state index in [0.29, 0.717) is 0 Å². The van der Waals surface area contributed by atoms with Gasteiger partial charge in [0.25, 0.3) is 0 Å². The van der Waals surface area contributed by atoms with Crippen molar-refractivity contribution in [2.24, 2.45) is 17.3 Å². The molecule has 2 N–H and O–H groups in total. The zero-order valence-electron chi connectivity index (χ0n) is 14.0. The van der Waals surface area contributed by atoms with Crippen LogP contribution in [0.2, 0.25) is 0 Å². The molecule has 0 aromatic heterocycles. The third-order valence-corrected chi connectivity index (χ3v) is 4.05. The van der Waals surface area contributed by atoms with Gasteiger partial charge in [-0.3, -0.25) is 0 Å². The fraction of sp³-hybridized carbons (Fsp3) is 0.938. The van der Waals surface area contributed by atoms with E-state index in [4.69, 9.17) is 4.74 Å². The Morgan fingerprint density at radius 3 is 2.20 bits per heavy atom. The molecule has 1 unspecified atom stereocenters. The first kappa shape index (κ1) is 17.3. The van der Waals surface area contributed by atoms with Gasteiger partial charge in [0, 0.05) is 6.54 Å². The maximum atomic E-state index is 11.7. The van der Waals surface area contributed by atoms with Gasteiger partial charge in [0.15, 0.2) is 0 Å². The largest absolute Gasteiger partial charge is 0.444 e. The van der Waals surface area contributed by atoms with Crippen molar-refractivity contribution in [3.8, 4) is 0 Å². The Labute approximate surface area is 124 Å². The molecule has 0 aromatic rings. The summed E-state index contributed by atoms with van der Waals surface area (Å²) in [5.74, 6) is 1.60. The first-order valence-electron chi connectivity index (χ1n) is 7.95. The molecule has 118 valence electrons. The summed E-state index contributed by atoms with van der Waals surface area (Å²) < 4.78 is 5.27. The molecule has 1 saturated heterocycles. The molecule has 0 radical (unpaired) electrons. The molecule has 0 spiro atoms. The molecule has 2 fully saturated rings. The summed E-state index contributed by atoms with van der Waals surface area (Å²) in [5.41, 5.74) is -0.171. The average Bonchev–Trinajstić information content (AvgIpc) is 2.85. The van der Waals surface area contributed by atoms with Crippen LogP contribution in [0.4, 0.5) is 4.79 Å². The second-order valence-electron chi connectivity index (χ2n) is 7.25. The van der Waals surface area contributed by atoms with Crippen LogP contribution in [0.15, 0.2) is 0 Å². The Bertz CT molecular complexity index is 311. The SMILES string of the molecule is CC.CC1(CNC(=O)OC(C)(C)C)C[C@H]2CNC[C@H]2C1. The number of fused-ring (bicyclic) bond motifs is 1. The van der Waals surface area contributed by atoms with Crippen molar-refractivity contribution in [2.45, 2.75) is 60.0 Å². The maximum Gasteiger partial charge on any atom is 0.407 e. The van der Waals surface area contributed by atoms with Crippen LogP contribution in [0, 0.1) is 17.3 Å². The van der Waals surface area contributed by atoms with Crippen LogP contribution in [-0.4, -0.2) is 31.3 Å². The second kappa shape index (κ2) is 6.79. The lowest BCUT2D eigenvalue weighted by Crippen LogP contribution is -2.38. The Morgan fingerprint density at radius 2 is 1.75 bits per heavy atom. The number of rotatable bonds is 2. The lowest BCUT2D eigenvalue weighted by molar-refractivity contribution is 0.0502. The molecule has 1 saturated carbocycles. The van der Waals surface area contributed by atoms with Crippen LogP contribution < -0.4 is 10.6 Å². The van der Waals surface area contributed by atoms with Gasteiger partial charge in [-0.1, -0.05) is 20.8 Å². The van der Waals surface area contributed by atoms with Crippen molar-refractivity contribution < 1.29 is 9.53 Å². The average molecular weight is 284 g/mol. The number of carbonyl (C=O) groups excluding carboxylic acids is 1. The van der Waals surface area contributed by atoms with Gasteiger partial charge in [0.2, 0.25) is 0 Å². The van der Waals surface area contributed by atoms with Crippen LogP contribution in [0.1, 0.15) is 54.4 Å². The van der Waals surface area contributed by atoms with E-state index in [9.17, 15) is 4.79 Å². The van der Waals surface area contributed by atoms with Crippen molar-refractivity contribution in [2.75, 3.05) is 19.6 Å². The molecule has 0 aromatic carbocycles. The highest BCUT2D eigenvalue weighted by Gasteiger charge is 2.44. The Kier molecular flexibility index (Phi) is 5.87. The normalized spacial score (nSPS) is 32.1. The number of hydrogen-bond acceptors (Lipinski definition) is 3. The molecular formula is C16H32N2O2. The minimum absolute atomic E-state index is 0.244. The Balaban J connectivity index is 0.000000956. The van der Waals surface area contributed by atoms with Crippen molar-refractivity contribution in [1.82, 2.24) is 10.6 Å². The van der Waals surface area contributed by atoms with E-state index in [1.165, 1.54) is 12.8 Å². The molecule has 2 aliphatic rings. The summed E-state index contributed by atoms with van der Waals surface area (Å²) in [6.45, 7) is 15.0. The molecule has 1 aliphatic carbocycles. The van der Waals surface area contributed by atoms with Gasteiger partial charge in [0.1, 0.15) is 5.60 Å². The first-order valence-corrected chi connectivity index (χ1v) is 7.95. The Morgan fingerprint density at radius 1 is 1.25 bits per heavy atom. The number of nitrogens with one attached hydrogen (secondary N) is 2. The van der Waals surface area contributed by atoms with Gasteiger partial charge in [-0.25, -0.2) is 4.79 Å².